The van der Waals surface area contributed by atoms with E-state index in [9.17, 15) is 4.79 Å². The molecular weight excluding hydrogens is 364 g/mol. The van der Waals surface area contributed by atoms with Crippen molar-refractivity contribution in [1.29, 1.82) is 0 Å². The molecule has 1 aromatic heterocycles. The SMILES string of the molecule is C=CCn1c(=NC(=O)c2ccc(OC)cc2OC)sc2cc(OC)ccc21. The number of aromatic nitrogens is 1. The van der Waals surface area contributed by atoms with Crippen LogP contribution < -0.4 is 19.0 Å². The minimum Gasteiger partial charge on any atom is -0.497 e. The molecule has 3 rings (SSSR count). The van der Waals surface area contributed by atoms with E-state index in [1.165, 1.54) is 18.4 Å². The second-order valence-corrected chi connectivity index (χ2v) is 6.61. The number of carbonyl (C=O) groups excluding carboxylic acids is 1. The molecule has 7 heteroatoms. The zero-order valence-electron chi connectivity index (χ0n) is 15.4. The first kappa shape index (κ1) is 18.7. The summed E-state index contributed by atoms with van der Waals surface area (Å²) in [5.74, 6) is 1.40. The van der Waals surface area contributed by atoms with E-state index >= 15 is 0 Å². The van der Waals surface area contributed by atoms with Gasteiger partial charge < -0.3 is 18.8 Å². The van der Waals surface area contributed by atoms with Gasteiger partial charge in [-0.05, 0) is 30.3 Å². The molecule has 6 nitrogen and oxygen atoms in total. The maximum Gasteiger partial charge on any atom is 0.283 e. The minimum absolute atomic E-state index is 0.374. The lowest BCUT2D eigenvalue weighted by Gasteiger charge is -2.07. The topological polar surface area (TPSA) is 62.1 Å². The van der Waals surface area contributed by atoms with Gasteiger partial charge in [0.1, 0.15) is 17.2 Å². The van der Waals surface area contributed by atoms with Gasteiger partial charge in [-0.25, -0.2) is 0 Å². The van der Waals surface area contributed by atoms with Crippen LogP contribution in [0.15, 0.2) is 54.0 Å². The largest absolute Gasteiger partial charge is 0.497 e. The fourth-order valence-corrected chi connectivity index (χ4v) is 3.76. The molecule has 0 aliphatic rings. The molecule has 140 valence electrons. The highest BCUT2D eigenvalue weighted by molar-refractivity contribution is 7.16. The number of hydrogen-bond donors (Lipinski definition) is 0. The van der Waals surface area contributed by atoms with Gasteiger partial charge in [0.15, 0.2) is 4.80 Å². The standard InChI is InChI=1S/C20H20N2O4S/c1-5-10-22-16-9-7-14(25-3)12-18(16)27-20(22)21-19(23)15-8-6-13(24-2)11-17(15)26-4/h5-9,11-12H,1,10H2,2-4H3. The molecule has 1 heterocycles. The van der Waals surface area contributed by atoms with Gasteiger partial charge in [0, 0.05) is 12.6 Å². The van der Waals surface area contributed by atoms with E-state index < -0.39 is 0 Å². The zero-order chi connectivity index (χ0) is 19.4. The fraction of sp³-hybridized carbons (Fsp3) is 0.200. The Kier molecular flexibility index (Phi) is 5.61. The van der Waals surface area contributed by atoms with Gasteiger partial charge in [-0.3, -0.25) is 4.79 Å². The molecule has 0 atom stereocenters. The molecule has 2 aromatic carbocycles. The van der Waals surface area contributed by atoms with Crippen LogP contribution in [0.4, 0.5) is 0 Å². The van der Waals surface area contributed by atoms with Crippen molar-refractivity contribution in [2.75, 3.05) is 21.3 Å². The number of hydrogen-bond acceptors (Lipinski definition) is 5. The molecule has 0 unspecified atom stereocenters. The van der Waals surface area contributed by atoms with Crippen molar-refractivity contribution in [1.82, 2.24) is 4.57 Å². The van der Waals surface area contributed by atoms with Crippen molar-refractivity contribution in [3.05, 3.63) is 59.4 Å². The molecule has 0 saturated heterocycles. The molecule has 0 fully saturated rings. The van der Waals surface area contributed by atoms with E-state index in [0.29, 0.717) is 28.4 Å². The Morgan fingerprint density at radius 1 is 1.11 bits per heavy atom. The number of amides is 1. The highest BCUT2D eigenvalue weighted by Gasteiger charge is 2.14. The van der Waals surface area contributed by atoms with Crippen molar-refractivity contribution in [2.45, 2.75) is 6.54 Å². The van der Waals surface area contributed by atoms with Gasteiger partial charge in [-0.2, -0.15) is 4.99 Å². The first-order valence-corrected chi connectivity index (χ1v) is 9.02. The van der Waals surface area contributed by atoms with Crippen LogP contribution in [-0.2, 0) is 6.54 Å². The lowest BCUT2D eigenvalue weighted by atomic mass is 10.2. The molecule has 0 aliphatic heterocycles. The number of nitrogens with zero attached hydrogens (tertiary/aromatic N) is 2. The Hall–Kier alpha value is -3.06. The average Bonchev–Trinajstić information content (AvgIpc) is 3.03. The minimum atomic E-state index is -0.383. The highest BCUT2D eigenvalue weighted by Crippen LogP contribution is 2.26. The van der Waals surface area contributed by atoms with Crippen LogP contribution in [0.5, 0.6) is 17.2 Å². The summed E-state index contributed by atoms with van der Waals surface area (Å²) in [4.78, 5) is 17.7. The second kappa shape index (κ2) is 8.09. The Bertz CT molecular complexity index is 1070. The summed E-state index contributed by atoms with van der Waals surface area (Å²) in [6.07, 6.45) is 1.77. The average molecular weight is 384 g/mol. The molecule has 0 radical (unpaired) electrons. The van der Waals surface area contributed by atoms with Crippen molar-refractivity contribution >= 4 is 27.5 Å². The molecule has 27 heavy (non-hydrogen) atoms. The van der Waals surface area contributed by atoms with Crippen LogP contribution in [-0.4, -0.2) is 31.8 Å². The fourth-order valence-electron chi connectivity index (χ4n) is 2.69. The predicted octanol–water partition coefficient (Wildman–Crippen LogP) is 3.66. The number of fused-ring (bicyclic) bond motifs is 1. The van der Waals surface area contributed by atoms with Crippen LogP contribution in [0.2, 0.25) is 0 Å². The second-order valence-electron chi connectivity index (χ2n) is 5.60. The van der Waals surface area contributed by atoms with E-state index in [4.69, 9.17) is 14.2 Å². The lowest BCUT2D eigenvalue weighted by Crippen LogP contribution is -2.16. The van der Waals surface area contributed by atoms with Crippen molar-refractivity contribution in [2.24, 2.45) is 4.99 Å². The first-order valence-electron chi connectivity index (χ1n) is 8.20. The van der Waals surface area contributed by atoms with Gasteiger partial charge >= 0.3 is 0 Å². The smallest absolute Gasteiger partial charge is 0.283 e. The monoisotopic (exact) mass is 384 g/mol. The van der Waals surface area contributed by atoms with Crippen LogP contribution >= 0.6 is 11.3 Å². The summed E-state index contributed by atoms with van der Waals surface area (Å²) < 4.78 is 18.7. The van der Waals surface area contributed by atoms with Crippen LogP contribution in [0.25, 0.3) is 10.2 Å². The first-order chi connectivity index (χ1) is 13.1. The third-order valence-corrected chi connectivity index (χ3v) is 5.08. The molecule has 0 bridgehead atoms. The van der Waals surface area contributed by atoms with Crippen molar-refractivity contribution < 1.29 is 19.0 Å². The normalized spacial score (nSPS) is 11.4. The van der Waals surface area contributed by atoms with E-state index in [0.717, 1.165) is 16.0 Å². The number of methoxy groups -OCH3 is 3. The maximum absolute atomic E-state index is 12.8. The van der Waals surface area contributed by atoms with Crippen molar-refractivity contribution in [3.8, 4) is 17.2 Å². The maximum atomic E-state index is 12.8. The lowest BCUT2D eigenvalue weighted by molar-refractivity contribution is 0.0995. The number of rotatable bonds is 6. The van der Waals surface area contributed by atoms with Gasteiger partial charge in [0.2, 0.25) is 0 Å². The van der Waals surface area contributed by atoms with Crippen molar-refractivity contribution in [3.63, 3.8) is 0 Å². The Balaban J connectivity index is 2.13. The number of allylic oxidation sites excluding steroid dienone is 1. The summed E-state index contributed by atoms with van der Waals surface area (Å²) in [5.41, 5.74) is 1.34. The number of carbonyl (C=O) groups is 1. The quantitative estimate of drug-likeness (QED) is 0.609. The molecule has 0 saturated carbocycles. The zero-order valence-corrected chi connectivity index (χ0v) is 16.2. The Labute approximate surface area is 161 Å². The van der Waals surface area contributed by atoms with E-state index in [-0.39, 0.29) is 5.91 Å². The Morgan fingerprint density at radius 2 is 1.81 bits per heavy atom. The summed E-state index contributed by atoms with van der Waals surface area (Å²) in [6, 6.07) is 10.8. The third kappa shape index (κ3) is 3.73. The van der Waals surface area contributed by atoms with Gasteiger partial charge in [-0.1, -0.05) is 17.4 Å². The Morgan fingerprint density at radius 3 is 2.48 bits per heavy atom. The van der Waals surface area contributed by atoms with Crippen LogP contribution in [0, 0.1) is 0 Å². The molecule has 0 spiro atoms. The summed E-state index contributed by atoms with van der Waals surface area (Å²) >= 11 is 1.42. The molecular formula is C20H20N2O4S. The van der Waals surface area contributed by atoms with E-state index in [1.54, 1.807) is 38.5 Å². The van der Waals surface area contributed by atoms with Gasteiger partial charge in [0.05, 0.1) is 37.1 Å². The molecule has 0 N–H and O–H groups in total. The molecule has 3 aromatic rings. The predicted molar refractivity (Wildman–Crippen MR) is 106 cm³/mol. The summed E-state index contributed by atoms with van der Waals surface area (Å²) in [5, 5.41) is 0. The molecule has 1 amide bonds. The van der Waals surface area contributed by atoms with E-state index in [2.05, 4.69) is 11.6 Å². The number of thiazole rings is 1. The van der Waals surface area contributed by atoms with E-state index in [1.807, 2.05) is 22.8 Å². The van der Waals surface area contributed by atoms with Gasteiger partial charge in [-0.15, -0.1) is 6.58 Å². The van der Waals surface area contributed by atoms with Crippen LogP contribution in [0.3, 0.4) is 0 Å². The summed E-state index contributed by atoms with van der Waals surface area (Å²) in [7, 11) is 4.69. The molecule has 0 aliphatic carbocycles. The number of benzene rings is 2. The van der Waals surface area contributed by atoms with Gasteiger partial charge in [0.25, 0.3) is 5.91 Å². The summed E-state index contributed by atoms with van der Waals surface area (Å²) in [6.45, 7) is 4.34. The third-order valence-electron chi connectivity index (χ3n) is 4.04. The highest BCUT2D eigenvalue weighted by atomic mass is 32.1. The number of ether oxygens (including phenoxy) is 3. The van der Waals surface area contributed by atoms with Crippen LogP contribution in [0.1, 0.15) is 10.4 Å².